The highest BCUT2D eigenvalue weighted by molar-refractivity contribution is 6.02. The van der Waals surface area contributed by atoms with Crippen LogP contribution >= 0.6 is 0 Å². The smallest absolute Gasteiger partial charge is 0.255 e. The molecule has 1 aromatic carbocycles. The molecule has 1 unspecified atom stereocenters. The maximum Gasteiger partial charge on any atom is 0.255 e. The lowest BCUT2D eigenvalue weighted by Gasteiger charge is -2.31. The normalized spacial score (nSPS) is 20.3. The number of piperidine rings is 1. The van der Waals surface area contributed by atoms with E-state index in [4.69, 9.17) is 4.98 Å². The summed E-state index contributed by atoms with van der Waals surface area (Å²) in [6.45, 7) is 8.56. The number of amides is 1. The van der Waals surface area contributed by atoms with E-state index in [0.29, 0.717) is 11.3 Å². The van der Waals surface area contributed by atoms with Gasteiger partial charge in [0.25, 0.3) is 5.91 Å². The molecule has 0 radical (unpaired) electrons. The Morgan fingerprint density at radius 2 is 1.94 bits per heavy atom. The van der Waals surface area contributed by atoms with Crippen molar-refractivity contribution in [2.24, 2.45) is 5.92 Å². The van der Waals surface area contributed by atoms with E-state index in [-0.39, 0.29) is 11.8 Å². The summed E-state index contributed by atoms with van der Waals surface area (Å²) >= 11 is 0. The van der Waals surface area contributed by atoms with Crippen LogP contribution in [0.3, 0.4) is 0 Å². The molecule has 5 nitrogen and oxygen atoms in total. The molecule has 1 amide bonds. The van der Waals surface area contributed by atoms with Crippen molar-refractivity contribution < 1.29 is 9.59 Å². The van der Waals surface area contributed by atoms with Crippen LogP contribution in [0, 0.1) is 5.92 Å². The van der Waals surface area contributed by atoms with Crippen LogP contribution in [0.2, 0.25) is 0 Å². The van der Waals surface area contributed by atoms with E-state index in [1.54, 1.807) is 6.20 Å². The van der Waals surface area contributed by atoms with Gasteiger partial charge >= 0.3 is 0 Å². The van der Waals surface area contributed by atoms with Crippen LogP contribution in [0.5, 0.6) is 0 Å². The SMILES string of the molecule is C=C1CCN(C(=O)c2cnc3c(c2)CCCN3c2ccc3c(c2)CC(CCC)C3=O)CC1. The van der Waals surface area contributed by atoms with E-state index < -0.39 is 0 Å². The summed E-state index contributed by atoms with van der Waals surface area (Å²) in [6.07, 6.45) is 8.29. The first-order valence-corrected chi connectivity index (χ1v) is 11.9. The number of fused-ring (bicyclic) bond motifs is 2. The van der Waals surface area contributed by atoms with Gasteiger partial charge in [0.1, 0.15) is 5.82 Å². The molecule has 1 saturated heterocycles. The number of pyridine rings is 1. The van der Waals surface area contributed by atoms with E-state index in [1.807, 2.05) is 17.0 Å². The van der Waals surface area contributed by atoms with Crippen molar-refractivity contribution in [1.82, 2.24) is 9.88 Å². The molecule has 5 rings (SSSR count). The van der Waals surface area contributed by atoms with Gasteiger partial charge in [0.2, 0.25) is 0 Å². The highest BCUT2D eigenvalue weighted by Crippen LogP contribution is 2.37. The molecule has 32 heavy (non-hydrogen) atoms. The fourth-order valence-electron chi connectivity index (χ4n) is 5.36. The number of carbonyl (C=O) groups excluding carboxylic acids is 2. The second-order valence-electron chi connectivity index (χ2n) is 9.40. The molecule has 1 atom stereocenters. The van der Waals surface area contributed by atoms with Crippen LogP contribution in [-0.2, 0) is 12.8 Å². The van der Waals surface area contributed by atoms with Gasteiger partial charge in [0, 0.05) is 43.0 Å². The number of Topliss-reactive ketones (excluding diaryl/α,β-unsaturated/α-hetero) is 1. The molecule has 1 aromatic heterocycles. The quantitative estimate of drug-likeness (QED) is 0.634. The largest absolute Gasteiger partial charge is 0.338 e. The number of aromatic nitrogens is 1. The first-order valence-electron chi connectivity index (χ1n) is 11.9. The number of anilines is 2. The summed E-state index contributed by atoms with van der Waals surface area (Å²) in [4.78, 5) is 34.6. The van der Waals surface area contributed by atoms with E-state index >= 15 is 0 Å². The second-order valence-corrected chi connectivity index (χ2v) is 9.40. The molecular formula is C27H31N3O2. The summed E-state index contributed by atoms with van der Waals surface area (Å²) < 4.78 is 0. The number of rotatable bonds is 4. The predicted molar refractivity (Wildman–Crippen MR) is 127 cm³/mol. The number of ketones is 1. The van der Waals surface area contributed by atoms with Crippen molar-refractivity contribution in [3.05, 3.63) is 64.9 Å². The number of carbonyl (C=O) groups is 2. The Morgan fingerprint density at radius 1 is 1.12 bits per heavy atom. The van der Waals surface area contributed by atoms with Crippen molar-refractivity contribution in [2.45, 2.75) is 51.9 Å². The first-order chi connectivity index (χ1) is 15.5. The minimum Gasteiger partial charge on any atom is -0.338 e. The van der Waals surface area contributed by atoms with Crippen LogP contribution in [0.15, 0.2) is 42.6 Å². The topological polar surface area (TPSA) is 53.5 Å². The molecule has 3 aliphatic rings. The van der Waals surface area contributed by atoms with Gasteiger partial charge in [-0.25, -0.2) is 4.98 Å². The van der Waals surface area contributed by atoms with Crippen LogP contribution in [0.1, 0.15) is 70.9 Å². The molecule has 0 N–H and O–H groups in total. The molecule has 3 heterocycles. The van der Waals surface area contributed by atoms with E-state index in [2.05, 4.69) is 30.5 Å². The zero-order valence-electron chi connectivity index (χ0n) is 18.9. The fraction of sp³-hybridized carbons (Fsp3) is 0.444. The van der Waals surface area contributed by atoms with Crippen LogP contribution < -0.4 is 4.90 Å². The summed E-state index contributed by atoms with van der Waals surface area (Å²) in [6, 6.07) is 8.27. The summed E-state index contributed by atoms with van der Waals surface area (Å²) in [5.41, 5.74) is 6.18. The highest BCUT2D eigenvalue weighted by atomic mass is 16.2. The highest BCUT2D eigenvalue weighted by Gasteiger charge is 2.31. The Kier molecular flexibility index (Phi) is 5.58. The van der Waals surface area contributed by atoms with Crippen molar-refractivity contribution >= 4 is 23.2 Å². The van der Waals surface area contributed by atoms with Crippen LogP contribution in [0.4, 0.5) is 11.5 Å². The summed E-state index contributed by atoms with van der Waals surface area (Å²) in [5.74, 6) is 1.45. The van der Waals surface area contributed by atoms with Gasteiger partial charge in [-0.15, -0.1) is 0 Å². The molecule has 1 fully saturated rings. The molecule has 1 aliphatic carbocycles. The van der Waals surface area contributed by atoms with Gasteiger partial charge in [0.05, 0.1) is 5.56 Å². The number of benzene rings is 1. The third-order valence-electron chi connectivity index (χ3n) is 7.17. The van der Waals surface area contributed by atoms with Gasteiger partial charge in [-0.3, -0.25) is 9.59 Å². The number of hydrogen-bond donors (Lipinski definition) is 0. The van der Waals surface area contributed by atoms with E-state index in [9.17, 15) is 9.59 Å². The Labute approximate surface area is 190 Å². The van der Waals surface area contributed by atoms with Crippen LogP contribution in [-0.4, -0.2) is 41.2 Å². The molecule has 2 aromatic rings. The van der Waals surface area contributed by atoms with Gasteiger partial charge in [-0.2, -0.15) is 0 Å². The Bertz CT molecular complexity index is 1080. The lowest BCUT2D eigenvalue weighted by Crippen LogP contribution is -2.36. The minimum absolute atomic E-state index is 0.0722. The maximum atomic E-state index is 13.0. The third-order valence-corrected chi connectivity index (χ3v) is 7.17. The Morgan fingerprint density at radius 3 is 2.72 bits per heavy atom. The predicted octanol–water partition coefficient (Wildman–Crippen LogP) is 5.11. The Balaban J connectivity index is 1.39. The Hall–Kier alpha value is -2.95. The zero-order valence-corrected chi connectivity index (χ0v) is 18.9. The molecule has 2 aliphatic heterocycles. The molecular weight excluding hydrogens is 398 g/mol. The average molecular weight is 430 g/mol. The van der Waals surface area contributed by atoms with E-state index in [0.717, 1.165) is 92.8 Å². The third kappa shape index (κ3) is 3.74. The van der Waals surface area contributed by atoms with Gasteiger partial charge in [-0.1, -0.05) is 25.5 Å². The number of likely N-dealkylation sites (tertiary alicyclic amines) is 1. The molecule has 0 bridgehead atoms. The summed E-state index contributed by atoms with van der Waals surface area (Å²) in [7, 11) is 0. The van der Waals surface area contributed by atoms with Crippen LogP contribution in [0.25, 0.3) is 0 Å². The lowest BCUT2D eigenvalue weighted by molar-refractivity contribution is 0.0743. The van der Waals surface area contributed by atoms with E-state index in [1.165, 1.54) is 5.57 Å². The standard InChI is InChI=1S/C27H31N3O2/c1-3-5-19-14-21-16-23(7-8-24(21)25(19)31)30-11-4-6-20-15-22(17-28-26(20)30)27(32)29-12-9-18(2)10-13-29/h7-8,15-17,19H,2-6,9-14H2,1H3. The van der Waals surface area contributed by atoms with Gasteiger partial charge in [-0.05, 0) is 73.9 Å². The lowest BCUT2D eigenvalue weighted by atomic mass is 10.00. The molecule has 0 saturated carbocycles. The van der Waals surface area contributed by atoms with Crippen molar-refractivity contribution in [3.63, 3.8) is 0 Å². The molecule has 0 spiro atoms. The number of aryl methyl sites for hydroxylation is 1. The molecule has 166 valence electrons. The zero-order chi connectivity index (χ0) is 22.2. The fourth-order valence-corrected chi connectivity index (χ4v) is 5.36. The van der Waals surface area contributed by atoms with Gasteiger partial charge in [0.15, 0.2) is 5.78 Å². The number of hydrogen-bond acceptors (Lipinski definition) is 4. The van der Waals surface area contributed by atoms with Crippen molar-refractivity contribution in [1.29, 1.82) is 0 Å². The minimum atomic E-state index is 0.0722. The van der Waals surface area contributed by atoms with Gasteiger partial charge < -0.3 is 9.80 Å². The number of nitrogens with zero attached hydrogens (tertiary/aromatic N) is 3. The average Bonchev–Trinajstić information content (AvgIpc) is 3.13. The van der Waals surface area contributed by atoms with Crippen molar-refractivity contribution in [3.8, 4) is 0 Å². The molecule has 5 heteroatoms. The monoisotopic (exact) mass is 429 g/mol. The first kappa shape index (κ1) is 20.9. The van der Waals surface area contributed by atoms with Crippen molar-refractivity contribution in [2.75, 3.05) is 24.5 Å². The second kappa shape index (κ2) is 8.53. The summed E-state index contributed by atoms with van der Waals surface area (Å²) in [5, 5.41) is 0. The maximum absolute atomic E-state index is 13.0.